The number of benzene rings is 2. The van der Waals surface area contributed by atoms with Crippen LogP contribution < -0.4 is 9.47 Å². The number of carbonyl (C=O) groups is 1. The average molecular weight is 439 g/mol. The van der Waals surface area contributed by atoms with E-state index in [-0.39, 0.29) is 17.4 Å². The molecule has 4 rings (SSSR count). The van der Waals surface area contributed by atoms with Gasteiger partial charge in [0.1, 0.15) is 17.3 Å². The Morgan fingerprint density at radius 2 is 1.90 bits per heavy atom. The van der Waals surface area contributed by atoms with Crippen molar-refractivity contribution in [3.05, 3.63) is 72.2 Å². The Morgan fingerprint density at radius 3 is 2.58 bits per heavy atom. The highest BCUT2D eigenvalue weighted by atomic mass is 32.2. The van der Waals surface area contributed by atoms with Gasteiger partial charge in [-0.1, -0.05) is 11.8 Å². The van der Waals surface area contributed by atoms with E-state index in [1.165, 1.54) is 44.4 Å². The molecule has 0 saturated heterocycles. The van der Waals surface area contributed by atoms with Crippen LogP contribution in [0.15, 0.2) is 70.4 Å². The van der Waals surface area contributed by atoms with Crippen LogP contribution >= 0.6 is 11.8 Å². The number of methoxy groups -OCH3 is 2. The van der Waals surface area contributed by atoms with E-state index in [9.17, 15) is 9.18 Å². The van der Waals surface area contributed by atoms with Crippen LogP contribution in [0.5, 0.6) is 11.5 Å². The number of ether oxygens (including phenoxy) is 2. The van der Waals surface area contributed by atoms with Gasteiger partial charge in [-0.2, -0.15) is 0 Å². The molecule has 0 amide bonds. The van der Waals surface area contributed by atoms with Gasteiger partial charge in [-0.3, -0.25) is 9.36 Å². The maximum Gasteiger partial charge on any atom is 0.205 e. The monoisotopic (exact) mass is 439 g/mol. The molecule has 0 saturated carbocycles. The van der Waals surface area contributed by atoms with Crippen molar-refractivity contribution in [1.82, 2.24) is 14.8 Å². The highest BCUT2D eigenvalue weighted by Gasteiger charge is 2.20. The maximum absolute atomic E-state index is 13.4. The molecule has 2 heterocycles. The lowest BCUT2D eigenvalue weighted by Gasteiger charge is -2.11. The molecule has 2 aromatic carbocycles. The average Bonchev–Trinajstić information content (AvgIpc) is 3.47. The zero-order valence-corrected chi connectivity index (χ0v) is 17.6. The van der Waals surface area contributed by atoms with Crippen molar-refractivity contribution >= 4 is 17.5 Å². The lowest BCUT2D eigenvalue weighted by Crippen LogP contribution is -2.07. The van der Waals surface area contributed by atoms with E-state index in [0.29, 0.717) is 39.5 Å². The molecule has 0 bridgehead atoms. The van der Waals surface area contributed by atoms with E-state index >= 15 is 0 Å². The van der Waals surface area contributed by atoms with E-state index in [4.69, 9.17) is 13.9 Å². The van der Waals surface area contributed by atoms with E-state index in [0.717, 1.165) is 0 Å². The summed E-state index contributed by atoms with van der Waals surface area (Å²) in [4.78, 5) is 12.9. The summed E-state index contributed by atoms with van der Waals surface area (Å²) in [6.07, 6.45) is 1.53. The number of aromatic nitrogens is 3. The molecule has 0 aliphatic heterocycles. The highest BCUT2D eigenvalue weighted by Crippen LogP contribution is 2.30. The quantitative estimate of drug-likeness (QED) is 0.292. The number of Topliss-reactive ketones (excluding diaryl/α,β-unsaturated/α-hetero) is 1. The smallest absolute Gasteiger partial charge is 0.205 e. The van der Waals surface area contributed by atoms with Crippen molar-refractivity contribution in [3.8, 4) is 28.8 Å². The molecule has 7 nitrogen and oxygen atoms in total. The summed E-state index contributed by atoms with van der Waals surface area (Å²) in [6.45, 7) is 0. The van der Waals surface area contributed by atoms with E-state index in [2.05, 4.69) is 10.2 Å². The first kappa shape index (κ1) is 20.7. The summed E-state index contributed by atoms with van der Waals surface area (Å²) in [6, 6.07) is 14.5. The Bertz CT molecular complexity index is 1190. The van der Waals surface area contributed by atoms with Gasteiger partial charge in [0.15, 0.2) is 16.7 Å². The Hall–Kier alpha value is -3.59. The fourth-order valence-electron chi connectivity index (χ4n) is 2.99. The first-order valence-electron chi connectivity index (χ1n) is 9.24. The van der Waals surface area contributed by atoms with Crippen LogP contribution in [0.4, 0.5) is 4.39 Å². The Morgan fingerprint density at radius 1 is 1.10 bits per heavy atom. The number of nitrogens with zero attached hydrogens (tertiary/aromatic N) is 3. The second-order valence-electron chi connectivity index (χ2n) is 6.37. The molecular weight excluding hydrogens is 421 g/mol. The molecule has 31 heavy (non-hydrogen) atoms. The first-order chi connectivity index (χ1) is 15.1. The van der Waals surface area contributed by atoms with Gasteiger partial charge in [-0.15, -0.1) is 10.2 Å². The van der Waals surface area contributed by atoms with Gasteiger partial charge in [-0.05, 0) is 54.6 Å². The summed E-state index contributed by atoms with van der Waals surface area (Å²) in [7, 11) is 3.04. The van der Waals surface area contributed by atoms with Crippen molar-refractivity contribution in [3.63, 3.8) is 0 Å². The zero-order chi connectivity index (χ0) is 21.8. The third-order valence-corrected chi connectivity index (χ3v) is 5.43. The molecule has 0 radical (unpaired) electrons. The maximum atomic E-state index is 13.4. The number of ketones is 1. The predicted molar refractivity (Wildman–Crippen MR) is 114 cm³/mol. The minimum atomic E-state index is -0.356. The number of hydrogen-bond acceptors (Lipinski definition) is 7. The number of halogens is 1. The molecule has 4 aromatic rings. The Labute approximate surface area is 181 Å². The summed E-state index contributed by atoms with van der Waals surface area (Å²) in [5.74, 6) is 1.54. The van der Waals surface area contributed by atoms with Gasteiger partial charge in [0.05, 0.1) is 37.5 Å². The van der Waals surface area contributed by atoms with Gasteiger partial charge in [0, 0.05) is 0 Å². The first-order valence-corrected chi connectivity index (χ1v) is 10.2. The van der Waals surface area contributed by atoms with Crippen LogP contribution in [0.3, 0.4) is 0 Å². The van der Waals surface area contributed by atoms with Crippen molar-refractivity contribution in [2.24, 2.45) is 0 Å². The van der Waals surface area contributed by atoms with Crippen LogP contribution in [-0.4, -0.2) is 40.5 Å². The summed E-state index contributed by atoms with van der Waals surface area (Å²) in [5, 5.41) is 8.91. The molecular formula is C22H18FN3O4S. The predicted octanol–water partition coefficient (Wildman–Crippen LogP) is 4.66. The van der Waals surface area contributed by atoms with E-state index in [1.54, 1.807) is 47.0 Å². The van der Waals surface area contributed by atoms with Gasteiger partial charge >= 0.3 is 0 Å². The Balaban J connectivity index is 1.65. The second kappa shape index (κ2) is 9.05. The van der Waals surface area contributed by atoms with Crippen LogP contribution in [-0.2, 0) is 0 Å². The minimum absolute atomic E-state index is 0.0843. The molecule has 2 aromatic heterocycles. The lowest BCUT2D eigenvalue weighted by atomic mass is 10.1. The van der Waals surface area contributed by atoms with Crippen molar-refractivity contribution in [2.45, 2.75) is 5.16 Å². The molecule has 9 heteroatoms. The van der Waals surface area contributed by atoms with Gasteiger partial charge < -0.3 is 13.9 Å². The van der Waals surface area contributed by atoms with Crippen LogP contribution in [0.1, 0.15) is 10.4 Å². The van der Waals surface area contributed by atoms with Crippen LogP contribution in [0, 0.1) is 5.82 Å². The van der Waals surface area contributed by atoms with E-state index in [1.807, 2.05) is 0 Å². The lowest BCUT2D eigenvalue weighted by molar-refractivity contribution is 0.101. The third-order valence-electron chi connectivity index (χ3n) is 4.50. The van der Waals surface area contributed by atoms with E-state index < -0.39 is 0 Å². The number of rotatable bonds is 8. The molecule has 0 aliphatic carbocycles. The summed E-state index contributed by atoms with van der Waals surface area (Å²) >= 11 is 1.21. The third kappa shape index (κ3) is 4.31. The summed E-state index contributed by atoms with van der Waals surface area (Å²) in [5.41, 5.74) is 1.06. The minimum Gasteiger partial charge on any atom is -0.497 e. The normalized spacial score (nSPS) is 10.8. The topological polar surface area (TPSA) is 79.4 Å². The van der Waals surface area contributed by atoms with Crippen molar-refractivity contribution < 1.29 is 23.1 Å². The number of thioether (sulfide) groups is 1. The fourth-order valence-corrected chi connectivity index (χ4v) is 3.83. The number of furan rings is 1. The second-order valence-corrected chi connectivity index (χ2v) is 7.32. The van der Waals surface area contributed by atoms with Gasteiger partial charge in [-0.25, -0.2) is 4.39 Å². The molecule has 0 atom stereocenters. The SMILES string of the molecule is COc1ccc(OC)c(C(=O)CSc2nnc(-c3ccco3)n2-c2ccc(F)cc2)c1. The molecule has 0 spiro atoms. The van der Waals surface area contributed by atoms with Gasteiger partial charge in [0.25, 0.3) is 0 Å². The molecule has 0 fully saturated rings. The van der Waals surface area contributed by atoms with Gasteiger partial charge in [0.2, 0.25) is 5.82 Å². The number of hydrogen-bond donors (Lipinski definition) is 0. The molecule has 0 aliphatic rings. The van der Waals surface area contributed by atoms with Crippen molar-refractivity contribution in [2.75, 3.05) is 20.0 Å². The Kier molecular flexibility index (Phi) is 6.03. The highest BCUT2D eigenvalue weighted by molar-refractivity contribution is 7.99. The summed E-state index contributed by atoms with van der Waals surface area (Å²) < 4.78 is 31.2. The van der Waals surface area contributed by atoms with Crippen LogP contribution in [0.2, 0.25) is 0 Å². The molecule has 0 unspecified atom stereocenters. The fraction of sp³-hybridized carbons (Fsp3) is 0.136. The molecule has 158 valence electrons. The zero-order valence-electron chi connectivity index (χ0n) is 16.7. The van der Waals surface area contributed by atoms with Crippen LogP contribution in [0.25, 0.3) is 17.3 Å². The largest absolute Gasteiger partial charge is 0.497 e. The number of carbonyl (C=O) groups excluding carboxylic acids is 1. The van der Waals surface area contributed by atoms with Crippen molar-refractivity contribution in [1.29, 1.82) is 0 Å². The molecule has 0 N–H and O–H groups in total. The standard InChI is InChI=1S/C22H18FN3O4S/c1-28-16-9-10-19(29-2)17(12-16)18(27)13-31-22-25-24-21(20-4-3-11-30-20)26(22)15-7-5-14(23)6-8-15/h3-12H,13H2,1-2H3.